The summed E-state index contributed by atoms with van der Waals surface area (Å²) in [6, 6.07) is 9.65. The fourth-order valence-corrected chi connectivity index (χ4v) is 2.87. The van der Waals surface area contributed by atoms with Crippen molar-refractivity contribution in [3.8, 4) is 5.75 Å². The number of hydrogen-bond acceptors (Lipinski definition) is 3. The summed E-state index contributed by atoms with van der Waals surface area (Å²) < 4.78 is 5.79. The molecule has 1 heterocycles. The first-order valence-electron chi connectivity index (χ1n) is 7.38. The zero-order valence-electron chi connectivity index (χ0n) is 13.2. The van der Waals surface area contributed by atoms with E-state index in [0.717, 1.165) is 0 Å². The molecule has 1 N–H and O–H groups in total. The summed E-state index contributed by atoms with van der Waals surface area (Å²) in [4.78, 5) is 24.7. The SMILES string of the molecule is CC1(C)CC(=O)c2cc(C(=O)Nc3ccc(Cl)c(Cl)c3)ccc2O1. The van der Waals surface area contributed by atoms with Gasteiger partial charge < -0.3 is 10.1 Å². The number of hydrogen-bond donors (Lipinski definition) is 1. The smallest absolute Gasteiger partial charge is 0.255 e. The van der Waals surface area contributed by atoms with Crippen molar-refractivity contribution in [1.82, 2.24) is 0 Å². The summed E-state index contributed by atoms with van der Waals surface area (Å²) in [6.07, 6.45) is 0.276. The number of rotatable bonds is 2. The minimum atomic E-state index is -0.534. The number of carbonyl (C=O) groups is 2. The van der Waals surface area contributed by atoms with Crippen LogP contribution in [0.4, 0.5) is 5.69 Å². The van der Waals surface area contributed by atoms with Gasteiger partial charge in [0.15, 0.2) is 5.78 Å². The molecule has 1 aliphatic heterocycles. The lowest BCUT2D eigenvalue weighted by Gasteiger charge is -2.31. The van der Waals surface area contributed by atoms with Crippen LogP contribution < -0.4 is 10.1 Å². The van der Waals surface area contributed by atoms with Gasteiger partial charge >= 0.3 is 0 Å². The summed E-state index contributed by atoms with van der Waals surface area (Å²) in [7, 11) is 0. The molecule has 2 aromatic carbocycles. The van der Waals surface area contributed by atoms with Gasteiger partial charge in [-0.15, -0.1) is 0 Å². The first-order chi connectivity index (χ1) is 11.2. The van der Waals surface area contributed by atoms with Gasteiger partial charge in [-0.05, 0) is 50.2 Å². The molecule has 0 atom stereocenters. The average molecular weight is 364 g/mol. The minimum Gasteiger partial charge on any atom is -0.487 e. The van der Waals surface area contributed by atoms with Gasteiger partial charge in [-0.25, -0.2) is 0 Å². The lowest BCUT2D eigenvalue weighted by atomic mass is 9.92. The number of benzene rings is 2. The summed E-state index contributed by atoms with van der Waals surface area (Å²) in [5, 5.41) is 3.49. The van der Waals surface area contributed by atoms with Gasteiger partial charge in [-0.2, -0.15) is 0 Å². The molecule has 0 spiro atoms. The van der Waals surface area contributed by atoms with Crippen LogP contribution in [0.2, 0.25) is 10.0 Å². The van der Waals surface area contributed by atoms with Crippen LogP contribution in [0.25, 0.3) is 0 Å². The number of fused-ring (bicyclic) bond motifs is 1. The van der Waals surface area contributed by atoms with E-state index < -0.39 is 5.60 Å². The van der Waals surface area contributed by atoms with Crippen LogP contribution in [0.5, 0.6) is 5.75 Å². The van der Waals surface area contributed by atoms with E-state index in [-0.39, 0.29) is 18.1 Å². The molecule has 0 saturated carbocycles. The molecule has 6 heteroatoms. The number of nitrogens with one attached hydrogen (secondary N) is 1. The Kier molecular flexibility index (Phi) is 4.28. The molecule has 3 rings (SSSR count). The van der Waals surface area contributed by atoms with E-state index in [1.165, 1.54) is 0 Å². The lowest BCUT2D eigenvalue weighted by Crippen LogP contribution is -2.36. The van der Waals surface area contributed by atoms with Gasteiger partial charge in [0, 0.05) is 11.3 Å². The van der Waals surface area contributed by atoms with Crippen LogP contribution in [0.15, 0.2) is 36.4 Å². The maximum atomic E-state index is 12.4. The summed E-state index contributed by atoms with van der Waals surface area (Å²) in [6.45, 7) is 3.72. The second-order valence-electron chi connectivity index (χ2n) is 6.26. The Morgan fingerprint density at radius 1 is 1.12 bits per heavy atom. The number of carbonyl (C=O) groups excluding carboxylic acids is 2. The molecule has 24 heavy (non-hydrogen) atoms. The first-order valence-corrected chi connectivity index (χ1v) is 8.13. The zero-order chi connectivity index (χ0) is 17.5. The van der Waals surface area contributed by atoms with Crippen LogP contribution in [0.1, 0.15) is 41.0 Å². The Labute approximate surface area is 149 Å². The molecule has 0 aliphatic carbocycles. The topological polar surface area (TPSA) is 55.4 Å². The lowest BCUT2D eigenvalue weighted by molar-refractivity contribution is 0.0620. The Balaban J connectivity index is 1.85. The van der Waals surface area contributed by atoms with Crippen molar-refractivity contribution in [3.63, 3.8) is 0 Å². The van der Waals surface area contributed by atoms with E-state index in [1.54, 1.807) is 36.4 Å². The van der Waals surface area contributed by atoms with Crippen molar-refractivity contribution >= 4 is 40.6 Å². The zero-order valence-corrected chi connectivity index (χ0v) is 14.7. The van der Waals surface area contributed by atoms with E-state index in [2.05, 4.69) is 5.32 Å². The largest absolute Gasteiger partial charge is 0.487 e. The molecule has 0 fully saturated rings. The highest BCUT2D eigenvalue weighted by molar-refractivity contribution is 6.42. The van der Waals surface area contributed by atoms with Crippen molar-refractivity contribution in [2.75, 3.05) is 5.32 Å². The van der Waals surface area contributed by atoms with Crippen LogP contribution >= 0.6 is 23.2 Å². The third kappa shape index (κ3) is 3.40. The number of anilines is 1. The number of amides is 1. The van der Waals surface area contributed by atoms with Crippen LogP contribution in [-0.4, -0.2) is 17.3 Å². The van der Waals surface area contributed by atoms with Crippen molar-refractivity contribution in [2.24, 2.45) is 0 Å². The second kappa shape index (κ2) is 6.11. The summed E-state index contributed by atoms with van der Waals surface area (Å²) in [5.41, 5.74) is 0.789. The Morgan fingerprint density at radius 2 is 1.88 bits per heavy atom. The molecule has 1 aliphatic rings. The molecule has 2 aromatic rings. The molecular formula is C18H15Cl2NO3. The molecular weight excluding hydrogens is 349 g/mol. The average Bonchev–Trinajstić information content (AvgIpc) is 2.49. The number of halogens is 2. The summed E-state index contributed by atoms with van der Waals surface area (Å²) in [5.74, 6) is 0.126. The Morgan fingerprint density at radius 3 is 2.58 bits per heavy atom. The normalized spacial score (nSPS) is 15.4. The van der Waals surface area contributed by atoms with Crippen molar-refractivity contribution in [2.45, 2.75) is 25.9 Å². The van der Waals surface area contributed by atoms with Crippen LogP contribution in [-0.2, 0) is 0 Å². The Hall–Kier alpha value is -2.04. The fourth-order valence-electron chi connectivity index (χ4n) is 2.57. The van der Waals surface area contributed by atoms with E-state index in [4.69, 9.17) is 27.9 Å². The van der Waals surface area contributed by atoms with Crippen molar-refractivity contribution in [3.05, 3.63) is 57.6 Å². The van der Waals surface area contributed by atoms with E-state index in [1.807, 2.05) is 13.8 Å². The molecule has 0 aromatic heterocycles. The van der Waals surface area contributed by atoms with E-state index in [0.29, 0.717) is 32.6 Å². The molecule has 0 radical (unpaired) electrons. The Bertz CT molecular complexity index is 846. The molecule has 0 bridgehead atoms. The number of ether oxygens (including phenoxy) is 1. The van der Waals surface area contributed by atoms with Gasteiger partial charge in [0.1, 0.15) is 11.4 Å². The van der Waals surface area contributed by atoms with Gasteiger partial charge in [-0.1, -0.05) is 23.2 Å². The third-order valence-corrected chi connectivity index (χ3v) is 4.43. The summed E-state index contributed by atoms with van der Waals surface area (Å²) >= 11 is 11.8. The fraction of sp³-hybridized carbons (Fsp3) is 0.222. The quantitative estimate of drug-likeness (QED) is 0.817. The molecule has 0 unspecified atom stereocenters. The maximum Gasteiger partial charge on any atom is 0.255 e. The van der Waals surface area contributed by atoms with Gasteiger partial charge in [-0.3, -0.25) is 9.59 Å². The maximum absolute atomic E-state index is 12.4. The highest BCUT2D eigenvalue weighted by Crippen LogP contribution is 2.33. The van der Waals surface area contributed by atoms with Crippen molar-refractivity contribution < 1.29 is 14.3 Å². The highest BCUT2D eigenvalue weighted by Gasteiger charge is 2.32. The van der Waals surface area contributed by atoms with Gasteiger partial charge in [0.25, 0.3) is 5.91 Å². The van der Waals surface area contributed by atoms with Gasteiger partial charge in [0.05, 0.1) is 22.0 Å². The van der Waals surface area contributed by atoms with E-state index >= 15 is 0 Å². The number of ketones is 1. The monoisotopic (exact) mass is 363 g/mol. The predicted octanol–water partition coefficient (Wildman–Crippen LogP) is 4.99. The number of Topliss-reactive ketones (excluding diaryl/α,β-unsaturated/α-hetero) is 1. The highest BCUT2D eigenvalue weighted by atomic mass is 35.5. The van der Waals surface area contributed by atoms with Crippen LogP contribution in [0, 0.1) is 0 Å². The predicted molar refractivity (Wildman–Crippen MR) is 94.5 cm³/mol. The minimum absolute atomic E-state index is 0.0366. The molecule has 4 nitrogen and oxygen atoms in total. The van der Waals surface area contributed by atoms with Crippen LogP contribution in [0.3, 0.4) is 0 Å². The standard InChI is InChI=1S/C18H15Cl2NO3/c1-18(2)9-15(22)12-7-10(3-6-16(12)24-18)17(23)21-11-4-5-13(19)14(20)8-11/h3-8H,9H2,1-2H3,(H,21,23). The molecule has 0 saturated heterocycles. The van der Waals surface area contributed by atoms with Gasteiger partial charge in [0.2, 0.25) is 0 Å². The van der Waals surface area contributed by atoms with Crippen molar-refractivity contribution in [1.29, 1.82) is 0 Å². The molecule has 124 valence electrons. The first kappa shape index (κ1) is 16.8. The second-order valence-corrected chi connectivity index (χ2v) is 7.07. The molecule has 1 amide bonds. The third-order valence-electron chi connectivity index (χ3n) is 3.69. The van der Waals surface area contributed by atoms with E-state index in [9.17, 15) is 9.59 Å².